The Labute approximate surface area is 172 Å². The van der Waals surface area contributed by atoms with Crippen molar-refractivity contribution in [3.8, 4) is 16.9 Å². The Hall–Kier alpha value is -2.88. The van der Waals surface area contributed by atoms with Crippen LogP contribution in [-0.4, -0.2) is 17.0 Å². The molecule has 152 valence electrons. The molecule has 0 bridgehead atoms. The molecule has 0 radical (unpaired) electrons. The van der Waals surface area contributed by atoms with E-state index < -0.39 is 0 Å². The highest BCUT2D eigenvalue weighted by Gasteiger charge is 2.19. The maximum Gasteiger partial charge on any atom is 0.253 e. The van der Waals surface area contributed by atoms with Crippen LogP contribution < -0.4 is 5.32 Å². The quantitative estimate of drug-likeness (QED) is 0.454. The molecule has 0 aliphatic rings. The van der Waals surface area contributed by atoms with Gasteiger partial charge in [-0.25, -0.2) is 4.39 Å². The minimum atomic E-state index is -0.274. The Kier molecular flexibility index (Phi) is 6.86. The van der Waals surface area contributed by atoms with Gasteiger partial charge in [0.15, 0.2) is 0 Å². The van der Waals surface area contributed by atoms with Crippen molar-refractivity contribution < 1.29 is 9.18 Å². The fourth-order valence-corrected chi connectivity index (χ4v) is 3.62. The lowest BCUT2D eigenvalue weighted by molar-refractivity contribution is 0.0952. The number of amides is 1. The zero-order valence-electron chi connectivity index (χ0n) is 17.5. The monoisotopic (exact) mass is 392 g/mol. The van der Waals surface area contributed by atoms with E-state index in [4.69, 9.17) is 0 Å². The van der Waals surface area contributed by atoms with Gasteiger partial charge in [-0.2, -0.15) is 0 Å². The highest BCUT2D eigenvalue weighted by Crippen LogP contribution is 2.30. The first-order valence-corrected chi connectivity index (χ1v) is 10.3. The van der Waals surface area contributed by atoms with E-state index in [0.29, 0.717) is 12.1 Å². The van der Waals surface area contributed by atoms with E-state index in [9.17, 15) is 9.18 Å². The van der Waals surface area contributed by atoms with Crippen molar-refractivity contribution in [2.24, 2.45) is 0 Å². The van der Waals surface area contributed by atoms with Gasteiger partial charge in [-0.1, -0.05) is 38.3 Å². The Balaban J connectivity index is 1.97. The molecule has 0 atom stereocenters. The number of carbonyl (C=O) groups is 1. The number of benzene rings is 2. The van der Waals surface area contributed by atoms with Crippen LogP contribution in [0.1, 0.15) is 54.2 Å². The van der Waals surface area contributed by atoms with E-state index in [0.717, 1.165) is 41.0 Å². The first-order valence-electron chi connectivity index (χ1n) is 10.3. The fraction of sp³-hybridized carbons (Fsp3) is 0.320. The molecular formula is C25H29FN2O. The van der Waals surface area contributed by atoms with Crippen molar-refractivity contribution in [3.05, 3.63) is 77.2 Å². The minimum absolute atomic E-state index is 0.0613. The number of halogens is 1. The molecule has 3 aromatic rings. The normalized spacial score (nSPS) is 10.9. The number of aryl methyl sites for hydroxylation is 1. The van der Waals surface area contributed by atoms with Crippen LogP contribution in [0.3, 0.4) is 0 Å². The van der Waals surface area contributed by atoms with Crippen molar-refractivity contribution in [3.63, 3.8) is 0 Å². The van der Waals surface area contributed by atoms with Crippen molar-refractivity contribution in [1.29, 1.82) is 0 Å². The average molecular weight is 393 g/mol. The zero-order chi connectivity index (χ0) is 20.8. The summed E-state index contributed by atoms with van der Waals surface area (Å²) in [7, 11) is 0. The van der Waals surface area contributed by atoms with Gasteiger partial charge >= 0.3 is 0 Å². The molecule has 0 saturated heterocycles. The van der Waals surface area contributed by atoms with Gasteiger partial charge in [0.2, 0.25) is 0 Å². The van der Waals surface area contributed by atoms with Gasteiger partial charge in [0, 0.05) is 17.9 Å². The lowest BCUT2D eigenvalue weighted by atomic mass is 10.1. The molecular weight excluding hydrogens is 363 g/mol. The number of nitrogens with zero attached hydrogens (tertiary/aromatic N) is 1. The number of unbranched alkanes of at least 4 members (excludes halogenated alkanes) is 3. The molecule has 3 rings (SSSR count). The molecule has 3 nitrogen and oxygen atoms in total. The molecule has 0 fully saturated rings. The number of carbonyl (C=O) groups excluding carboxylic acids is 1. The predicted molar refractivity (Wildman–Crippen MR) is 117 cm³/mol. The lowest BCUT2D eigenvalue weighted by Crippen LogP contribution is -2.24. The molecule has 2 aromatic carbocycles. The summed E-state index contributed by atoms with van der Waals surface area (Å²) in [5.74, 6) is -0.335. The summed E-state index contributed by atoms with van der Waals surface area (Å²) in [5, 5.41) is 3.05. The SMILES string of the molecule is CCCCCCNC(=O)c1cc(-c2ccc(F)cc2)n(-c2cccc(C)c2)c1C. The van der Waals surface area contributed by atoms with Crippen LogP contribution in [-0.2, 0) is 0 Å². The molecule has 0 aliphatic heterocycles. The van der Waals surface area contributed by atoms with Gasteiger partial charge in [-0.05, 0) is 73.9 Å². The maximum atomic E-state index is 13.4. The molecule has 1 heterocycles. The fourth-order valence-electron chi connectivity index (χ4n) is 3.62. The second-order valence-electron chi connectivity index (χ2n) is 7.53. The average Bonchev–Trinajstić information content (AvgIpc) is 3.05. The summed E-state index contributed by atoms with van der Waals surface area (Å²) in [4.78, 5) is 12.9. The highest BCUT2D eigenvalue weighted by atomic mass is 19.1. The van der Waals surface area contributed by atoms with E-state index in [2.05, 4.69) is 22.9 Å². The highest BCUT2D eigenvalue weighted by molar-refractivity contribution is 5.97. The second-order valence-corrected chi connectivity index (χ2v) is 7.53. The summed E-state index contributed by atoms with van der Waals surface area (Å²) >= 11 is 0. The molecule has 0 saturated carbocycles. The van der Waals surface area contributed by atoms with Crippen molar-refractivity contribution in [1.82, 2.24) is 9.88 Å². The van der Waals surface area contributed by atoms with Crippen LogP contribution in [0.25, 0.3) is 16.9 Å². The Morgan fingerprint density at radius 2 is 1.76 bits per heavy atom. The van der Waals surface area contributed by atoms with Crippen LogP contribution in [0.4, 0.5) is 4.39 Å². The smallest absolute Gasteiger partial charge is 0.253 e. The molecule has 29 heavy (non-hydrogen) atoms. The van der Waals surface area contributed by atoms with Gasteiger partial charge in [0.1, 0.15) is 5.82 Å². The Bertz CT molecular complexity index is 973. The summed E-state index contributed by atoms with van der Waals surface area (Å²) in [6.45, 7) is 6.86. The van der Waals surface area contributed by atoms with Crippen LogP contribution in [0.2, 0.25) is 0 Å². The van der Waals surface area contributed by atoms with Gasteiger partial charge in [0.25, 0.3) is 5.91 Å². The second kappa shape index (κ2) is 9.55. The summed E-state index contributed by atoms with van der Waals surface area (Å²) in [6.07, 6.45) is 4.48. The van der Waals surface area contributed by atoms with E-state index in [1.807, 2.05) is 38.1 Å². The number of rotatable bonds is 8. The molecule has 4 heteroatoms. The van der Waals surface area contributed by atoms with Gasteiger partial charge in [0.05, 0.1) is 11.3 Å². The third-order valence-electron chi connectivity index (χ3n) is 5.21. The topological polar surface area (TPSA) is 34.0 Å². The molecule has 1 amide bonds. The van der Waals surface area contributed by atoms with E-state index in [-0.39, 0.29) is 11.7 Å². The van der Waals surface area contributed by atoms with Crippen LogP contribution >= 0.6 is 0 Å². The van der Waals surface area contributed by atoms with Crippen LogP contribution in [0.5, 0.6) is 0 Å². The number of hydrogen-bond acceptors (Lipinski definition) is 1. The summed E-state index contributed by atoms with van der Waals surface area (Å²) < 4.78 is 15.5. The predicted octanol–water partition coefficient (Wildman–Crippen LogP) is 6.21. The van der Waals surface area contributed by atoms with Gasteiger partial charge < -0.3 is 9.88 Å². The number of nitrogens with one attached hydrogen (secondary N) is 1. The third kappa shape index (κ3) is 4.94. The Morgan fingerprint density at radius 3 is 2.45 bits per heavy atom. The molecule has 0 unspecified atom stereocenters. The van der Waals surface area contributed by atoms with Crippen molar-refractivity contribution in [2.45, 2.75) is 46.5 Å². The van der Waals surface area contributed by atoms with Gasteiger partial charge in [-0.3, -0.25) is 4.79 Å². The van der Waals surface area contributed by atoms with Crippen molar-refractivity contribution >= 4 is 5.91 Å². The van der Waals surface area contributed by atoms with E-state index >= 15 is 0 Å². The molecule has 1 aromatic heterocycles. The van der Waals surface area contributed by atoms with E-state index in [1.54, 1.807) is 12.1 Å². The lowest BCUT2D eigenvalue weighted by Gasteiger charge is -2.13. The first-order chi connectivity index (χ1) is 14.0. The number of aromatic nitrogens is 1. The third-order valence-corrected chi connectivity index (χ3v) is 5.21. The summed E-state index contributed by atoms with van der Waals surface area (Å²) in [6, 6.07) is 16.5. The largest absolute Gasteiger partial charge is 0.352 e. The Morgan fingerprint density at radius 1 is 1.00 bits per heavy atom. The first kappa shape index (κ1) is 20.8. The van der Waals surface area contributed by atoms with Crippen molar-refractivity contribution in [2.75, 3.05) is 6.54 Å². The van der Waals surface area contributed by atoms with Crippen LogP contribution in [0.15, 0.2) is 54.6 Å². The van der Waals surface area contributed by atoms with E-state index in [1.165, 1.54) is 25.0 Å². The molecule has 0 spiro atoms. The zero-order valence-corrected chi connectivity index (χ0v) is 17.5. The standard InChI is InChI=1S/C25H29FN2O/c1-4-5-6-7-15-27-25(29)23-17-24(20-11-13-21(26)14-12-20)28(19(23)3)22-10-8-9-18(2)16-22/h8-14,16-17H,4-7,15H2,1-3H3,(H,27,29). The van der Waals surface area contributed by atoms with Crippen LogP contribution in [0, 0.1) is 19.7 Å². The molecule has 0 aliphatic carbocycles. The summed E-state index contributed by atoms with van der Waals surface area (Å²) in [5.41, 5.74) is 5.41. The minimum Gasteiger partial charge on any atom is -0.352 e. The van der Waals surface area contributed by atoms with Gasteiger partial charge in [-0.15, -0.1) is 0 Å². The maximum absolute atomic E-state index is 13.4. The number of hydrogen-bond donors (Lipinski definition) is 1. The molecule has 1 N–H and O–H groups in total.